The summed E-state index contributed by atoms with van der Waals surface area (Å²) in [6.45, 7) is 11.1. The number of aromatic nitrogens is 5. The molecule has 1 aliphatic heterocycles. The standard InChI is InChI=1S/C25H33FN6O5S/c1-14(2)35-12-19-13-36-22-8-7-18(26)9-20(22)24-29-30-25(32(19)24)31-38(33,34)17(6)23(37-15(3)4)21-11-27-16(5)10-28-21/h7-11,14-15,17,19,23H,12-13H2,1-6H3,(H,30,31)/t17-,19-,23+/m0/s1. The molecule has 0 amide bonds. The Bertz CT molecular complexity index is 1360. The van der Waals surface area contributed by atoms with Crippen LogP contribution in [0.2, 0.25) is 0 Å². The van der Waals surface area contributed by atoms with Gasteiger partial charge in [-0.2, -0.15) is 0 Å². The van der Waals surface area contributed by atoms with Gasteiger partial charge in [-0.05, 0) is 59.7 Å². The molecule has 0 radical (unpaired) electrons. The molecule has 1 aliphatic rings. The number of fused-ring (bicyclic) bond motifs is 3. The van der Waals surface area contributed by atoms with E-state index in [4.69, 9.17) is 14.2 Å². The molecule has 206 valence electrons. The molecule has 1 N–H and O–H groups in total. The van der Waals surface area contributed by atoms with Gasteiger partial charge >= 0.3 is 0 Å². The Kier molecular flexibility index (Phi) is 8.28. The van der Waals surface area contributed by atoms with Crippen molar-refractivity contribution in [1.29, 1.82) is 0 Å². The first kappa shape index (κ1) is 27.9. The van der Waals surface area contributed by atoms with Gasteiger partial charge in [0.05, 0.1) is 48.0 Å². The van der Waals surface area contributed by atoms with Crippen molar-refractivity contribution in [3.05, 3.63) is 47.8 Å². The van der Waals surface area contributed by atoms with E-state index in [9.17, 15) is 12.8 Å². The average Bonchev–Trinajstić information content (AvgIpc) is 3.18. The molecule has 3 atom stereocenters. The smallest absolute Gasteiger partial charge is 0.240 e. The molecule has 4 rings (SSSR count). The van der Waals surface area contributed by atoms with E-state index in [2.05, 4.69) is 24.9 Å². The third-order valence-electron chi connectivity index (χ3n) is 5.96. The minimum absolute atomic E-state index is 0.0387. The first-order valence-electron chi connectivity index (χ1n) is 12.4. The third kappa shape index (κ3) is 6.11. The van der Waals surface area contributed by atoms with Crippen molar-refractivity contribution >= 4 is 16.0 Å². The highest BCUT2D eigenvalue weighted by atomic mass is 32.2. The van der Waals surface area contributed by atoms with E-state index in [0.29, 0.717) is 22.7 Å². The predicted octanol–water partition coefficient (Wildman–Crippen LogP) is 3.84. The summed E-state index contributed by atoms with van der Waals surface area (Å²) in [6, 6.07) is 3.60. The Morgan fingerprint density at radius 3 is 2.55 bits per heavy atom. The van der Waals surface area contributed by atoms with Gasteiger partial charge in [-0.25, -0.2) is 12.8 Å². The molecule has 0 spiro atoms. The number of rotatable bonds is 10. The first-order chi connectivity index (χ1) is 18.0. The van der Waals surface area contributed by atoms with Crippen LogP contribution >= 0.6 is 0 Å². The summed E-state index contributed by atoms with van der Waals surface area (Å²) >= 11 is 0. The van der Waals surface area contributed by atoms with Crippen LogP contribution < -0.4 is 9.46 Å². The monoisotopic (exact) mass is 548 g/mol. The lowest BCUT2D eigenvalue weighted by molar-refractivity contribution is 0.00393. The number of nitrogens with zero attached hydrogens (tertiary/aromatic N) is 5. The normalized spacial score (nSPS) is 16.9. The van der Waals surface area contributed by atoms with Crippen molar-refractivity contribution in [3.63, 3.8) is 0 Å². The van der Waals surface area contributed by atoms with Gasteiger partial charge in [-0.3, -0.25) is 19.3 Å². The van der Waals surface area contributed by atoms with Crippen molar-refractivity contribution < 1.29 is 27.0 Å². The summed E-state index contributed by atoms with van der Waals surface area (Å²) < 4.78 is 63.4. The maximum Gasteiger partial charge on any atom is 0.240 e. The fourth-order valence-electron chi connectivity index (χ4n) is 4.03. The van der Waals surface area contributed by atoms with Crippen molar-refractivity contribution in [2.24, 2.45) is 0 Å². The van der Waals surface area contributed by atoms with Gasteiger partial charge in [0.25, 0.3) is 0 Å². The molecule has 0 bridgehead atoms. The zero-order valence-electron chi connectivity index (χ0n) is 22.3. The fourth-order valence-corrected chi connectivity index (χ4v) is 5.13. The van der Waals surface area contributed by atoms with E-state index in [1.807, 2.05) is 27.7 Å². The maximum absolute atomic E-state index is 14.2. The summed E-state index contributed by atoms with van der Waals surface area (Å²) in [6.07, 6.45) is 1.83. The number of hydrogen-bond donors (Lipinski definition) is 1. The Hall–Kier alpha value is -3.16. The second-order valence-corrected chi connectivity index (χ2v) is 11.8. The van der Waals surface area contributed by atoms with E-state index in [0.717, 1.165) is 0 Å². The SMILES string of the molecule is Cc1cnc([C@H](OC(C)C)[C@H](C)S(=O)(=O)Nc2nnc3n2[C@@H](COC(C)C)COc2ccc(F)cc2-3)cn1. The number of aryl methyl sites for hydroxylation is 1. The molecule has 11 nitrogen and oxygen atoms in total. The summed E-state index contributed by atoms with van der Waals surface area (Å²) in [5.41, 5.74) is 1.45. The highest BCUT2D eigenvalue weighted by molar-refractivity contribution is 7.93. The Balaban J connectivity index is 1.72. The van der Waals surface area contributed by atoms with Crippen LogP contribution in [0.4, 0.5) is 10.3 Å². The summed E-state index contributed by atoms with van der Waals surface area (Å²) in [4.78, 5) is 8.60. The number of sulfonamides is 1. The summed E-state index contributed by atoms with van der Waals surface area (Å²) in [7, 11) is -4.09. The molecule has 2 aromatic heterocycles. The second-order valence-electron chi connectivity index (χ2n) is 9.74. The lowest BCUT2D eigenvalue weighted by Crippen LogP contribution is -2.35. The lowest BCUT2D eigenvalue weighted by atomic mass is 10.2. The average molecular weight is 549 g/mol. The van der Waals surface area contributed by atoms with E-state index < -0.39 is 33.2 Å². The minimum atomic E-state index is -4.09. The maximum atomic E-state index is 14.2. The molecule has 13 heteroatoms. The van der Waals surface area contributed by atoms with E-state index in [-0.39, 0.29) is 37.2 Å². The molecular weight excluding hydrogens is 515 g/mol. The number of anilines is 1. The molecule has 0 saturated heterocycles. The van der Waals surface area contributed by atoms with Gasteiger partial charge in [0.2, 0.25) is 16.0 Å². The quantitative estimate of drug-likeness (QED) is 0.402. The Morgan fingerprint density at radius 1 is 1.13 bits per heavy atom. The molecule has 0 aliphatic carbocycles. The van der Waals surface area contributed by atoms with E-state index in [1.54, 1.807) is 17.7 Å². The van der Waals surface area contributed by atoms with Gasteiger partial charge in [-0.15, -0.1) is 10.2 Å². The summed E-state index contributed by atoms with van der Waals surface area (Å²) in [5.74, 6) is 0.155. The van der Waals surface area contributed by atoms with Crippen molar-refractivity contribution in [1.82, 2.24) is 24.7 Å². The van der Waals surface area contributed by atoms with Crippen LogP contribution in [0, 0.1) is 12.7 Å². The van der Waals surface area contributed by atoms with Crippen LogP contribution in [0.5, 0.6) is 5.75 Å². The molecule has 1 aromatic carbocycles. The molecule has 3 aromatic rings. The van der Waals surface area contributed by atoms with Crippen molar-refractivity contribution in [3.8, 4) is 17.1 Å². The van der Waals surface area contributed by atoms with Crippen LogP contribution in [0.1, 0.15) is 58.2 Å². The van der Waals surface area contributed by atoms with Crippen molar-refractivity contribution in [2.75, 3.05) is 17.9 Å². The van der Waals surface area contributed by atoms with Gasteiger partial charge in [-0.1, -0.05) is 0 Å². The number of benzene rings is 1. The number of ether oxygens (including phenoxy) is 3. The first-order valence-corrected chi connectivity index (χ1v) is 14.0. The topological polar surface area (TPSA) is 130 Å². The van der Waals surface area contributed by atoms with Crippen LogP contribution in [0.3, 0.4) is 0 Å². The minimum Gasteiger partial charge on any atom is -0.491 e. The van der Waals surface area contributed by atoms with Crippen LogP contribution in [-0.2, 0) is 19.5 Å². The van der Waals surface area contributed by atoms with Gasteiger partial charge < -0.3 is 14.2 Å². The number of nitrogens with one attached hydrogen (secondary N) is 1. The van der Waals surface area contributed by atoms with Crippen LogP contribution in [-0.4, -0.2) is 63.8 Å². The van der Waals surface area contributed by atoms with Gasteiger partial charge in [0.1, 0.15) is 29.5 Å². The molecule has 0 unspecified atom stereocenters. The third-order valence-corrected chi connectivity index (χ3v) is 7.65. The van der Waals surface area contributed by atoms with Gasteiger partial charge in [0, 0.05) is 6.20 Å². The molecular formula is C25H33FN6O5S. The summed E-state index contributed by atoms with van der Waals surface area (Å²) in [5, 5.41) is 7.27. The highest BCUT2D eigenvalue weighted by Gasteiger charge is 2.36. The Labute approximate surface area is 221 Å². The van der Waals surface area contributed by atoms with Gasteiger partial charge in [0.15, 0.2) is 5.82 Å². The van der Waals surface area contributed by atoms with Crippen LogP contribution in [0.15, 0.2) is 30.6 Å². The molecule has 38 heavy (non-hydrogen) atoms. The van der Waals surface area contributed by atoms with Crippen molar-refractivity contribution in [2.45, 2.75) is 71.1 Å². The molecule has 0 fully saturated rings. The fraction of sp³-hybridized carbons (Fsp3) is 0.520. The Morgan fingerprint density at radius 2 is 1.89 bits per heavy atom. The highest BCUT2D eigenvalue weighted by Crippen LogP contribution is 2.37. The number of halogens is 1. The molecule has 3 heterocycles. The second kappa shape index (κ2) is 11.3. The predicted molar refractivity (Wildman–Crippen MR) is 139 cm³/mol. The lowest BCUT2D eigenvalue weighted by Gasteiger charge is -2.26. The largest absolute Gasteiger partial charge is 0.491 e. The van der Waals surface area contributed by atoms with E-state index >= 15 is 0 Å². The zero-order valence-corrected chi connectivity index (χ0v) is 23.1. The zero-order chi connectivity index (χ0) is 27.6. The number of hydrogen-bond acceptors (Lipinski definition) is 9. The van der Waals surface area contributed by atoms with Crippen LogP contribution in [0.25, 0.3) is 11.4 Å². The molecule has 0 saturated carbocycles. The van der Waals surface area contributed by atoms with E-state index in [1.165, 1.54) is 31.3 Å².